The maximum Gasteiger partial charge on any atom is 0.351 e. The van der Waals surface area contributed by atoms with Crippen LogP contribution in [0, 0.1) is 0 Å². The maximum absolute atomic E-state index is 12.4. The van der Waals surface area contributed by atoms with Crippen molar-refractivity contribution in [3.63, 3.8) is 0 Å². The summed E-state index contributed by atoms with van der Waals surface area (Å²) in [6.07, 6.45) is -3.10. The number of carbonyl (C=O) groups excluding carboxylic acids is 1. The highest BCUT2D eigenvalue weighted by molar-refractivity contribution is 7.51. The Balaban J connectivity index is 1.82. The molecule has 1 aliphatic rings. The second kappa shape index (κ2) is 8.21. The molecule has 1 aromatic heterocycles. The molecule has 11 nitrogen and oxygen atoms in total. The minimum Gasteiger partial charge on any atom is -0.454 e. The van der Waals surface area contributed by atoms with E-state index in [1.54, 1.807) is 30.3 Å². The summed E-state index contributed by atoms with van der Waals surface area (Å²) >= 11 is 0. The summed E-state index contributed by atoms with van der Waals surface area (Å²) in [5.74, 6) is -0.674. The fraction of sp³-hybridized carbons (Fsp3) is 0.312. The fourth-order valence-electron chi connectivity index (χ4n) is 2.65. The van der Waals surface area contributed by atoms with E-state index < -0.39 is 49.8 Å². The quantitative estimate of drug-likeness (QED) is 0.444. The van der Waals surface area contributed by atoms with Crippen molar-refractivity contribution in [3.8, 4) is 0 Å². The number of hydrogen-bond acceptors (Lipinski definition) is 7. The first-order valence-electron chi connectivity index (χ1n) is 8.12. The molecule has 3 N–H and O–H groups in total. The van der Waals surface area contributed by atoms with Crippen LogP contribution in [0.4, 0.5) is 0 Å². The second-order valence-corrected chi connectivity index (χ2v) is 7.57. The number of esters is 1. The molecule has 0 saturated carbocycles. The third-order valence-electron chi connectivity index (χ3n) is 3.86. The third-order valence-corrected chi connectivity index (χ3v) is 4.34. The van der Waals surface area contributed by atoms with E-state index in [1.807, 2.05) is 0 Å². The Labute approximate surface area is 157 Å². The number of nitrogens with one attached hydrogen (secondary N) is 1. The maximum atomic E-state index is 12.4. The van der Waals surface area contributed by atoms with Crippen molar-refractivity contribution in [2.75, 3.05) is 6.35 Å². The molecular formula is C16H17N2O9P. The van der Waals surface area contributed by atoms with Gasteiger partial charge in [-0.25, -0.2) is 9.59 Å². The molecule has 0 aliphatic carbocycles. The zero-order valence-corrected chi connectivity index (χ0v) is 15.2. The van der Waals surface area contributed by atoms with Gasteiger partial charge in [-0.15, -0.1) is 0 Å². The van der Waals surface area contributed by atoms with Crippen LogP contribution in [0.2, 0.25) is 0 Å². The van der Waals surface area contributed by atoms with E-state index in [1.165, 1.54) is 6.20 Å². The molecule has 1 fully saturated rings. The summed E-state index contributed by atoms with van der Waals surface area (Å²) in [6.45, 7) is 0. The number of aromatic amines is 1. The number of carbonyl (C=O) groups is 1. The highest BCUT2D eigenvalue weighted by atomic mass is 31.2. The SMILES string of the molecule is O=C(O[C@@H]1C[C@@H](OCP(=O)(O)O)O[C@H]1n1ccc(=O)[nH]c1=O)c1ccccc1. The smallest absolute Gasteiger partial charge is 0.351 e. The van der Waals surface area contributed by atoms with Gasteiger partial charge in [0.05, 0.1) is 5.56 Å². The largest absolute Gasteiger partial charge is 0.454 e. The monoisotopic (exact) mass is 412 g/mol. The standard InChI is InChI=1S/C16H17N2O9P/c19-12-6-7-18(16(21)17-12)14-11(8-13(27-14)25-9-28(22,23)24)26-15(20)10-4-2-1-3-5-10/h1-7,11,13-14H,8-9H2,(H,17,19,21)(H2,22,23,24)/t11-,13+,14-/m1/s1. The number of nitrogens with zero attached hydrogens (tertiary/aromatic N) is 1. The van der Waals surface area contributed by atoms with Gasteiger partial charge in [0.1, 0.15) is 0 Å². The predicted molar refractivity (Wildman–Crippen MR) is 93.5 cm³/mol. The molecule has 1 aromatic carbocycles. The topological polar surface area (TPSA) is 157 Å². The molecule has 0 bridgehead atoms. The lowest BCUT2D eigenvalue weighted by atomic mass is 10.2. The van der Waals surface area contributed by atoms with E-state index in [4.69, 9.17) is 24.0 Å². The first-order valence-corrected chi connectivity index (χ1v) is 9.92. The van der Waals surface area contributed by atoms with Crippen LogP contribution in [0.5, 0.6) is 0 Å². The lowest BCUT2D eigenvalue weighted by Gasteiger charge is -2.20. The molecule has 0 radical (unpaired) electrons. The van der Waals surface area contributed by atoms with Crippen molar-refractivity contribution in [1.82, 2.24) is 9.55 Å². The fourth-order valence-corrected chi connectivity index (χ4v) is 3.01. The van der Waals surface area contributed by atoms with E-state index in [-0.39, 0.29) is 12.0 Å². The number of hydrogen-bond donors (Lipinski definition) is 3. The number of ether oxygens (including phenoxy) is 3. The Morgan fingerprint density at radius 1 is 1.25 bits per heavy atom. The Hall–Kier alpha value is -2.56. The summed E-state index contributed by atoms with van der Waals surface area (Å²) in [4.78, 5) is 55.6. The van der Waals surface area contributed by atoms with Crippen molar-refractivity contribution in [3.05, 3.63) is 69.0 Å². The normalized spacial score (nSPS) is 22.1. The second-order valence-electron chi connectivity index (χ2n) is 5.98. The lowest BCUT2D eigenvalue weighted by molar-refractivity contribution is -0.147. The van der Waals surface area contributed by atoms with Gasteiger partial charge in [-0.05, 0) is 12.1 Å². The molecule has 2 aromatic rings. The highest BCUT2D eigenvalue weighted by Gasteiger charge is 2.41. The van der Waals surface area contributed by atoms with E-state index in [2.05, 4.69) is 4.98 Å². The van der Waals surface area contributed by atoms with Gasteiger partial charge >= 0.3 is 19.3 Å². The zero-order valence-electron chi connectivity index (χ0n) is 14.3. The van der Waals surface area contributed by atoms with Crippen molar-refractivity contribution < 1.29 is 33.4 Å². The number of aromatic nitrogens is 2. The van der Waals surface area contributed by atoms with Crippen LogP contribution in [0.1, 0.15) is 23.0 Å². The third kappa shape index (κ3) is 5.03. The van der Waals surface area contributed by atoms with Crippen LogP contribution in [0.25, 0.3) is 0 Å². The van der Waals surface area contributed by atoms with Crippen LogP contribution in [-0.2, 0) is 18.8 Å². The van der Waals surface area contributed by atoms with Crippen LogP contribution in [0.15, 0.2) is 52.2 Å². The van der Waals surface area contributed by atoms with Gasteiger partial charge in [-0.2, -0.15) is 0 Å². The Kier molecular flexibility index (Phi) is 5.92. The molecule has 28 heavy (non-hydrogen) atoms. The van der Waals surface area contributed by atoms with Crippen LogP contribution >= 0.6 is 7.60 Å². The van der Waals surface area contributed by atoms with Crippen molar-refractivity contribution in [2.24, 2.45) is 0 Å². The molecular weight excluding hydrogens is 395 g/mol. The van der Waals surface area contributed by atoms with E-state index in [0.717, 1.165) is 10.6 Å². The Morgan fingerprint density at radius 2 is 1.96 bits per heavy atom. The molecule has 2 heterocycles. The zero-order chi connectivity index (χ0) is 20.3. The lowest BCUT2D eigenvalue weighted by Crippen LogP contribution is -2.36. The summed E-state index contributed by atoms with van der Waals surface area (Å²) in [7, 11) is -4.45. The van der Waals surface area contributed by atoms with Gasteiger partial charge in [-0.1, -0.05) is 18.2 Å². The van der Waals surface area contributed by atoms with Gasteiger partial charge in [0, 0.05) is 18.7 Å². The molecule has 0 amide bonds. The van der Waals surface area contributed by atoms with E-state index in [9.17, 15) is 18.9 Å². The van der Waals surface area contributed by atoms with Crippen LogP contribution in [-0.4, -0.2) is 44.0 Å². The summed E-state index contributed by atoms with van der Waals surface area (Å²) in [5, 5.41) is 0. The first-order chi connectivity index (χ1) is 13.2. The minimum atomic E-state index is -4.45. The van der Waals surface area contributed by atoms with Crippen molar-refractivity contribution >= 4 is 13.6 Å². The Morgan fingerprint density at radius 3 is 2.61 bits per heavy atom. The first kappa shape index (κ1) is 20.2. The molecule has 150 valence electrons. The van der Waals surface area contributed by atoms with Crippen LogP contribution < -0.4 is 11.2 Å². The molecule has 1 saturated heterocycles. The summed E-state index contributed by atoms with van der Waals surface area (Å²) < 4.78 is 28.0. The molecule has 12 heteroatoms. The average Bonchev–Trinajstić information content (AvgIpc) is 3.03. The van der Waals surface area contributed by atoms with E-state index >= 15 is 0 Å². The van der Waals surface area contributed by atoms with Gasteiger partial charge in [0.15, 0.2) is 25.0 Å². The Bertz CT molecular complexity index is 997. The van der Waals surface area contributed by atoms with Gasteiger partial charge in [0.2, 0.25) is 0 Å². The van der Waals surface area contributed by atoms with E-state index in [0.29, 0.717) is 0 Å². The number of rotatable bonds is 6. The predicted octanol–water partition coefficient (Wildman–Crippen LogP) is 0.159. The number of H-pyrrole nitrogens is 1. The van der Waals surface area contributed by atoms with Gasteiger partial charge in [-0.3, -0.25) is 18.9 Å². The molecule has 0 spiro atoms. The highest BCUT2D eigenvalue weighted by Crippen LogP contribution is 2.38. The molecule has 1 aliphatic heterocycles. The summed E-state index contributed by atoms with van der Waals surface area (Å²) in [6, 6.07) is 9.20. The van der Waals surface area contributed by atoms with Gasteiger partial charge in [0.25, 0.3) is 5.56 Å². The molecule has 3 atom stereocenters. The van der Waals surface area contributed by atoms with Crippen LogP contribution in [0.3, 0.4) is 0 Å². The summed E-state index contributed by atoms with van der Waals surface area (Å²) in [5.41, 5.74) is -1.14. The number of benzene rings is 1. The molecule has 3 rings (SSSR count). The van der Waals surface area contributed by atoms with Crippen molar-refractivity contribution in [1.29, 1.82) is 0 Å². The van der Waals surface area contributed by atoms with Crippen molar-refractivity contribution in [2.45, 2.75) is 25.0 Å². The minimum absolute atomic E-state index is 0.0746. The molecule has 0 unspecified atom stereocenters. The van der Waals surface area contributed by atoms with Gasteiger partial charge < -0.3 is 24.0 Å². The average molecular weight is 412 g/mol.